The van der Waals surface area contributed by atoms with E-state index in [2.05, 4.69) is 15.1 Å². The van der Waals surface area contributed by atoms with Gasteiger partial charge in [0.25, 0.3) is 5.03 Å². The molecule has 0 aliphatic carbocycles. The van der Waals surface area contributed by atoms with Crippen LogP contribution >= 0.6 is 23.4 Å². The minimum absolute atomic E-state index is 0.0146. The number of halogens is 2. The molecule has 0 fully saturated rings. The second-order valence-electron chi connectivity index (χ2n) is 3.75. The predicted molar refractivity (Wildman–Crippen MR) is 67.9 cm³/mol. The van der Waals surface area contributed by atoms with Crippen LogP contribution in [0.15, 0.2) is 27.7 Å². The molecule has 20 heavy (non-hydrogen) atoms. The Morgan fingerprint density at radius 1 is 1.65 bits per heavy atom. The van der Waals surface area contributed by atoms with Crippen LogP contribution in [0.5, 0.6) is 5.95 Å². The number of thioether (sulfide) groups is 1. The fourth-order valence-corrected chi connectivity index (χ4v) is 2.26. The molecule has 9 heteroatoms. The van der Waals surface area contributed by atoms with E-state index in [0.717, 1.165) is 17.8 Å². The molecule has 0 saturated heterocycles. The molecule has 2 aromatic rings. The van der Waals surface area contributed by atoms with Gasteiger partial charge < -0.3 is 14.9 Å². The maximum atomic E-state index is 13.0. The number of amides is 1. The van der Waals surface area contributed by atoms with Crippen LogP contribution in [0.4, 0.5) is 10.1 Å². The Hall–Kier alpha value is -1.80. The summed E-state index contributed by atoms with van der Waals surface area (Å²) in [5.41, 5.74) is 0.374. The number of hydrogen-bond acceptors (Lipinski definition) is 5. The highest BCUT2D eigenvalue weighted by Crippen LogP contribution is 2.22. The summed E-state index contributed by atoms with van der Waals surface area (Å²) in [7, 11) is 1.53. The lowest BCUT2D eigenvalue weighted by Crippen LogP contribution is -2.32. The quantitative estimate of drug-likeness (QED) is 0.674. The van der Waals surface area contributed by atoms with Gasteiger partial charge in [-0.2, -0.15) is 0 Å². The third kappa shape index (κ3) is 3.40. The average Bonchev–Trinajstić information content (AvgIpc) is 2.71. The molecule has 1 N–H and O–H groups in total. The van der Waals surface area contributed by atoms with E-state index in [0.29, 0.717) is 5.69 Å². The standard InChI is InChI=1S/C11H9ClFN3O3S/c1-16-10(11(18)19-15-16)20-5-9(17)14-6-2-3-8(13)7(12)4-6/h2-4H,5H2,1H3,(H-,14,15,17,18). The largest absolute Gasteiger partial charge is 0.538 e. The van der Waals surface area contributed by atoms with Crippen LogP contribution in [-0.2, 0) is 11.8 Å². The van der Waals surface area contributed by atoms with Crippen molar-refractivity contribution in [1.29, 1.82) is 0 Å². The van der Waals surface area contributed by atoms with Gasteiger partial charge in [-0.3, -0.25) is 4.79 Å². The maximum Gasteiger partial charge on any atom is 0.291 e. The van der Waals surface area contributed by atoms with E-state index < -0.39 is 11.8 Å². The molecule has 0 aliphatic heterocycles. The summed E-state index contributed by atoms with van der Waals surface area (Å²) in [6.45, 7) is 0. The van der Waals surface area contributed by atoms with Crippen LogP contribution < -0.4 is 15.1 Å². The lowest BCUT2D eigenvalue weighted by Gasteiger charge is -2.04. The summed E-state index contributed by atoms with van der Waals surface area (Å²) in [4.78, 5) is 11.7. The van der Waals surface area contributed by atoms with Gasteiger partial charge in [-0.15, -0.1) is 0 Å². The van der Waals surface area contributed by atoms with Crippen molar-refractivity contribution in [2.45, 2.75) is 5.03 Å². The minimum Gasteiger partial charge on any atom is -0.538 e. The first kappa shape index (κ1) is 14.6. The fraction of sp³-hybridized carbons (Fsp3) is 0.182. The zero-order chi connectivity index (χ0) is 14.7. The molecule has 1 aromatic heterocycles. The number of nitrogens with one attached hydrogen (secondary N) is 1. The van der Waals surface area contributed by atoms with E-state index in [1.54, 1.807) is 0 Å². The second kappa shape index (κ2) is 6.10. The summed E-state index contributed by atoms with van der Waals surface area (Å²) in [5, 5.41) is 17.3. The van der Waals surface area contributed by atoms with Gasteiger partial charge in [-0.1, -0.05) is 16.3 Å². The molecule has 0 atom stereocenters. The normalized spacial score (nSPS) is 10.6. The fourth-order valence-electron chi connectivity index (χ4n) is 1.36. The van der Waals surface area contributed by atoms with Gasteiger partial charge in [0.05, 0.1) is 16.0 Å². The highest BCUT2D eigenvalue weighted by atomic mass is 35.5. The molecule has 0 radical (unpaired) electrons. The molecule has 0 aliphatic rings. The number of rotatable bonds is 4. The number of anilines is 1. The number of aromatic nitrogens is 2. The molecule has 0 bridgehead atoms. The third-order valence-corrected chi connectivity index (χ3v) is 3.66. The van der Waals surface area contributed by atoms with Crippen LogP contribution in [0.25, 0.3) is 0 Å². The Kier molecular flexibility index (Phi) is 4.46. The van der Waals surface area contributed by atoms with Crippen molar-refractivity contribution < 1.29 is 23.5 Å². The Morgan fingerprint density at radius 3 is 3.00 bits per heavy atom. The molecular weight excluding hydrogens is 309 g/mol. The Bertz CT molecular complexity index is 630. The van der Waals surface area contributed by atoms with Crippen molar-refractivity contribution in [3.8, 4) is 5.95 Å². The highest BCUT2D eigenvalue weighted by Gasteiger charge is 2.16. The van der Waals surface area contributed by atoms with E-state index in [4.69, 9.17) is 11.6 Å². The van der Waals surface area contributed by atoms with Crippen molar-refractivity contribution >= 4 is 35.0 Å². The van der Waals surface area contributed by atoms with Crippen molar-refractivity contribution in [3.05, 3.63) is 29.0 Å². The molecule has 0 unspecified atom stereocenters. The average molecular weight is 318 g/mol. The lowest BCUT2D eigenvalue weighted by atomic mass is 10.3. The van der Waals surface area contributed by atoms with Crippen molar-refractivity contribution in [2.24, 2.45) is 7.05 Å². The van der Waals surface area contributed by atoms with Crippen LogP contribution in [0.3, 0.4) is 0 Å². The Morgan fingerprint density at radius 2 is 2.40 bits per heavy atom. The summed E-state index contributed by atoms with van der Waals surface area (Å²) in [5.74, 6) is -1.54. The topological polar surface area (TPSA) is 82.1 Å². The number of carbonyl (C=O) groups excluding carboxylic acids is 1. The number of nitrogens with zero attached hydrogens (tertiary/aromatic N) is 2. The Labute approximate surface area is 122 Å². The minimum atomic E-state index is -0.602. The third-order valence-electron chi connectivity index (χ3n) is 2.26. The van der Waals surface area contributed by atoms with E-state index in [1.165, 1.54) is 23.9 Å². The first-order chi connectivity index (χ1) is 9.47. The van der Waals surface area contributed by atoms with Gasteiger partial charge in [0.15, 0.2) is 13.0 Å². The molecule has 2 rings (SSSR count). The predicted octanol–water partition coefficient (Wildman–Crippen LogP) is 1.10. The lowest BCUT2D eigenvalue weighted by molar-refractivity contribution is -0.772. The zero-order valence-corrected chi connectivity index (χ0v) is 11.8. The van der Waals surface area contributed by atoms with Gasteiger partial charge in [-0.05, 0) is 30.0 Å². The molecule has 0 spiro atoms. The monoisotopic (exact) mass is 317 g/mol. The second-order valence-corrected chi connectivity index (χ2v) is 5.13. The number of aryl methyl sites for hydroxylation is 1. The van der Waals surface area contributed by atoms with Gasteiger partial charge in [-0.25, -0.2) is 4.39 Å². The molecule has 1 heterocycles. The molecule has 1 amide bonds. The van der Waals surface area contributed by atoms with E-state index in [-0.39, 0.29) is 21.7 Å². The molecule has 6 nitrogen and oxygen atoms in total. The summed E-state index contributed by atoms with van der Waals surface area (Å²) < 4.78 is 18.6. The number of carbonyl (C=O) groups is 1. The van der Waals surface area contributed by atoms with Gasteiger partial charge >= 0.3 is 0 Å². The number of hydrogen-bond donors (Lipinski definition) is 1. The van der Waals surface area contributed by atoms with E-state index in [1.807, 2.05) is 0 Å². The van der Waals surface area contributed by atoms with E-state index in [9.17, 15) is 14.3 Å². The molecule has 0 saturated carbocycles. The van der Waals surface area contributed by atoms with Crippen LogP contribution in [0.1, 0.15) is 0 Å². The van der Waals surface area contributed by atoms with Crippen molar-refractivity contribution in [1.82, 2.24) is 5.27 Å². The summed E-state index contributed by atoms with van der Waals surface area (Å²) in [6, 6.07) is 3.85. The van der Waals surface area contributed by atoms with Crippen LogP contribution in [0.2, 0.25) is 5.02 Å². The smallest absolute Gasteiger partial charge is 0.291 e. The Balaban J connectivity index is 1.94. The summed E-state index contributed by atoms with van der Waals surface area (Å²) >= 11 is 6.59. The van der Waals surface area contributed by atoms with Crippen LogP contribution in [-0.4, -0.2) is 16.9 Å². The first-order valence-electron chi connectivity index (χ1n) is 5.38. The number of benzene rings is 1. The van der Waals surface area contributed by atoms with Crippen molar-refractivity contribution in [3.63, 3.8) is 0 Å². The van der Waals surface area contributed by atoms with Crippen molar-refractivity contribution in [2.75, 3.05) is 11.1 Å². The molecule has 1 aromatic carbocycles. The van der Waals surface area contributed by atoms with Crippen LogP contribution in [0, 0.1) is 5.82 Å². The highest BCUT2D eigenvalue weighted by molar-refractivity contribution is 7.99. The van der Waals surface area contributed by atoms with Gasteiger partial charge in [0.2, 0.25) is 5.91 Å². The molecular formula is C11H9ClFN3O3S. The molecule has 106 valence electrons. The first-order valence-corrected chi connectivity index (χ1v) is 6.74. The van der Waals surface area contributed by atoms with E-state index >= 15 is 0 Å². The SMILES string of the molecule is C[n+]1noc([O-])c1SCC(=O)Nc1ccc(F)c(Cl)c1. The maximum absolute atomic E-state index is 13.0. The van der Waals surface area contributed by atoms with Gasteiger partial charge in [0.1, 0.15) is 5.82 Å². The summed E-state index contributed by atoms with van der Waals surface area (Å²) in [6.07, 6.45) is 0. The van der Waals surface area contributed by atoms with Gasteiger partial charge in [0, 0.05) is 5.69 Å². The zero-order valence-electron chi connectivity index (χ0n) is 10.2.